The topological polar surface area (TPSA) is 77.3 Å². The second-order valence-corrected chi connectivity index (χ2v) is 8.28. The summed E-state index contributed by atoms with van der Waals surface area (Å²) >= 11 is 0. The summed E-state index contributed by atoms with van der Waals surface area (Å²) < 4.78 is 25.5. The molecule has 2 aromatic rings. The summed E-state index contributed by atoms with van der Waals surface area (Å²) in [5.41, 5.74) is 2.22. The maximum atomic E-state index is 11.9. The molecule has 1 aliphatic heterocycles. The van der Waals surface area contributed by atoms with Gasteiger partial charge in [-0.3, -0.25) is 0 Å². The first-order chi connectivity index (χ1) is 11.9. The fourth-order valence-corrected chi connectivity index (χ4v) is 4.86. The Morgan fingerprint density at radius 1 is 1.32 bits per heavy atom. The zero-order valence-electron chi connectivity index (χ0n) is 14.5. The molecule has 0 bridgehead atoms. The average Bonchev–Trinajstić information content (AvgIpc) is 2.61. The highest BCUT2D eigenvalue weighted by molar-refractivity contribution is 7.88. The van der Waals surface area contributed by atoms with Gasteiger partial charge in [-0.2, -0.15) is 9.57 Å². The Kier molecular flexibility index (Phi) is 4.93. The molecule has 1 fully saturated rings. The smallest absolute Gasteiger partial charge is 0.211 e. The van der Waals surface area contributed by atoms with Gasteiger partial charge >= 0.3 is 0 Å². The highest BCUT2D eigenvalue weighted by atomic mass is 32.2. The summed E-state index contributed by atoms with van der Waals surface area (Å²) in [6.45, 7) is 3.90. The lowest BCUT2D eigenvalue weighted by Crippen LogP contribution is -2.47. The van der Waals surface area contributed by atoms with Crippen molar-refractivity contribution in [1.82, 2.24) is 9.29 Å². The Balaban J connectivity index is 1.86. The molecule has 0 amide bonds. The molecule has 7 heteroatoms. The lowest BCUT2D eigenvalue weighted by molar-refractivity contribution is 0.285. The Morgan fingerprint density at radius 2 is 2.00 bits per heavy atom. The van der Waals surface area contributed by atoms with Crippen LogP contribution in [0.25, 0.3) is 10.9 Å². The average molecular weight is 358 g/mol. The molecule has 0 radical (unpaired) electrons. The second kappa shape index (κ2) is 6.98. The molecule has 0 saturated carbocycles. The van der Waals surface area contributed by atoms with Crippen molar-refractivity contribution in [3.8, 4) is 6.07 Å². The van der Waals surface area contributed by atoms with Gasteiger partial charge in [0.05, 0.1) is 11.8 Å². The molecular weight excluding hydrogens is 336 g/mol. The minimum atomic E-state index is -3.18. The van der Waals surface area contributed by atoms with E-state index in [0.717, 1.165) is 42.5 Å². The van der Waals surface area contributed by atoms with Crippen LogP contribution in [0.15, 0.2) is 30.3 Å². The maximum absolute atomic E-state index is 11.9. The number of nitrogens with zero attached hydrogens (tertiary/aromatic N) is 4. The van der Waals surface area contributed by atoms with Crippen LogP contribution in [0.5, 0.6) is 0 Å². The first kappa shape index (κ1) is 17.6. The van der Waals surface area contributed by atoms with Crippen molar-refractivity contribution in [2.75, 3.05) is 30.8 Å². The normalized spacial score (nSPS) is 16.3. The van der Waals surface area contributed by atoms with E-state index in [-0.39, 0.29) is 6.04 Å². The van der Waals surface area contributed by atoms with E-state index in [4.69, 9.17) is 0 Å². The van der Waals surface area contributed by atoms with Crippen LogP contribution in [0.4, 0.5) is 5.69 Å². The number of para-hydroxylation sites is 1. The van der Waals surface area contributed by atoms with Gasteiger partial charge in [-0.05, 0) is 25.0 Å². The number of anilines is 1. The van der Waals surface area contributed by atoms with Gasteiger partial charge in [-0.25, -0.2) is 13.4 Å². The molecule has 1 saturated heterocycles. The van der Waals surface area contributed by atoms with Crippen LogP contribution in [0.1, 0.15) is 25.5 Å². The van der Waals surface area contributed by atoms with E-state index in [1.807, 2.05) is 37.3 Å². The maximum Gasteiger partial charge on any atom is 0.211 e. The standard InChI is InChI=1S/C18H22N4O2S/c1-3-22(25(2,23)24)15-8-10-21(11-9-15)18-12-14(13-19)20-17-7-5-4-6-16(17)18/h4-7,12,15H,3,8-11H2,1-2H3. The predicted molar refractivity (Wildman–Crippen MR) is 98.9 cm³/mol. The zero-order valence-corrected chi connectivity index (χ0v) is 15.3. The number of nitriles is 1. The van der Waals surface area contributed by atoms with Crippen molar-refractivity contribution in [3.63, 3.8) is 0 Å². The van der Waals surface area contributed by atoms with Crippen LogP contribution in [-0.4, -0.2) is 49.6 Å². The van der Waals surface area contributed by atoms with E-state index in [2.05, 4.69) is 16.0 Å². The van der Waals surface area contributed by atoms with Crippen molar-refractivity contribution in [2.45, 2.75) is 25.8 Å². The number of hydrogen-bond donors (Lipinski definition) is 0. The largest absolute Gasteiger partial charge is 0.371 e. The van der Waals surface area contributed by atoms with Crippen LogP contribution in [0.2, 0.25) is 0 Å². The second-order valence-electron chi connectivity index (χ2n) is 6.34. The lowest BCUT2D eigenvalue weighted by atomic mass is 10.0. The Hall–Kier alpha value is -2.17. The third-order valence-electron chi connectivity index (χ3n) is 4.76. The van der Waals surface area contributed by atoms with Crippen LogP contribution in [-0.2, 0) is 10.0 Å². The summed E-state index contributed by atoms with van der Waals surface area (Å²) in [6.07, 6.45) is 2.83. The molecule has 0 N–H and O–H groups in total. The molecule has 2 heterocycles. The summed E-state index contributed by atoms with van der Waals surface area (Å²) in [7, 11) is -3.18. The van der Waals surface area contributed by atoms with Gasteiger partial charge in [0.15, 0.2) is 0 Å². The Bertz CT molecular complexity index is 912. The monoisotopic (exact) mass is 358 g/mol. The number of rotatable bonds is 4. The molecule has 6 nitrogen and oxygen atoms in total. The van der Waals surface area contributed by atoms with E-state index in [1.54, 1.807) is 4.31 Å². The summed E-state index contributed by atoms with van der Waals surface area (Å²) in [5, 5.41) is 10.3. The molecular formula is C18H22N4O2S. The number of hydrogen-bond acceptors (Lipinski definition) is 5. The predicted octanol–water partition coefficient (Wildman–Crippen LogP) is 2.36. The minimum Gasteiger partial charge on any atom is -0.371 e. The van der Waals surface area contributed by atoms with Gasteiger partial charge in [0.2, 0.25) is 10.0 Å². The summed E-state index contributed by atoms with van der Waals surface area (Å²) in [5.74, 6) is 0. The number of fused-ring (bicyclic) bond motifs is 1. The van der Waals surface area contributed by atoms with Gasteiger partial charge in [0.1, 0.15) is 11.8 Å². The molecule has 1 aliphatic rings. The third kappa shape index (κ3) is 3.60. The van der Waals surface area contributed by atoms with E-state index < -0.39 is 10.0 Å². The van der Waals surface area contributed by atoms with Crippen LogP contribution in [0, 0.1) is 11.3 Å². The van der Waals surface area contributed by atoms with E-state index in [1.165, 1.54) is 6.26 Å². The first-order valence-corrected chi connectivity index (χ1v) is 10.3. The lowest BCUT2D eigenvalue weighted by Gasteiger charge is -2.38. The molecule has 0 atom stereocenters. The van der Waals surface area contributed by atoms with Crippen molar-refractivity contribution < 1.29 is 8.42 Å². The highest BCUT2D eigenvalue weighted by Gasteiger charge is 2.29. The van der Waals surface area contributed by atoms with E-state index in [0.29, 0.717) is 12.2 Å². The number of aromatic nitrogens is 1. The first-order valence-electron chi connectivity index (χ1n) is 8.45. The van der Waals surface area contributed by atoms with Gasteiger partial charge in [-0.15, -0.1) is 0 Å². The van der Waals surface area contributed by atoms with Gasteiger partial charge in [0, 0.05) is 36.7 Å². The van der Waals surface area contributed by atoms with E-state index in [9.17, 15) is 13.7 Å². The van der Waals surface area contributed by atoms with Gasteiger partial charge < -0.3 is 4.90 Å². The molecule has 0 spiro atoms. The fraction of sp³-hybridized carbons (Fsp3) is 0.444. The van der Waals surface area contributed by atoms with Crippen molar-refractivity contribution in [2.24, 2.45) is 0 Å². The van der Waals surface area contributed by atoms with Crippen molar-refractivity contribution >= 4 is 26.6 Å². The molecule has 132 valence electrons. The minimum absolute atomic E-state index is 0.0415. The van der Waals surface area contributed by atoms with Crippen LogP contribution < -0.4 is 4.90 Å². The number of piperidine rings is 1. The Labute approximate surface area is 148 Å². The SMILES string of the molecule is CCN(C1CCN(c2cc(C#N)nc3ccccc23)CC1)S(C)(=O)=O. The Morgan fingerprint density at radius 3 is 2.60 bits per heavy atom. The molecule has 0 unspecified atom stereocenters. The molecule has 3 rings (SSSR count). The number of sulfonamides is 1. The quantitative estimate of drug-likeness (QED) is 0.838. The zero-order chi connectivity index (χ0) is 18.0. The molecule has 25 heavy (non-hydrogen) atoms. The third-order valence-corrected chi connectivity index (χ3v) is 6.17. The summed E-state index contributed by atoms with van der Waals surface area (Å²) in [6, 6.07) is 11.8. The van der Waals surface area contributed by atoms with E-state index >= 15 is 0 Å². The van der Waals surface area contributed by atoms with Crippen molar-refractivity contribution in [3.05, 3.63) is 36.0 Å². The number of benzene rings is 1. The van der Waals surface area contributed by atoms with Crippen LogP contribution >= 0.6 is 0 Å². The fourth-order valence-electron chi connectivity index (χ4n) is 3.63. The molecule has 1 aromatic heterocycles. The van der Waals surface area contributed by atoms with Gasteiger partial charge in [-0.1, -0.05) is 25.1 Å². The highest BCUT2D eigenvalue weighted by Crippen LogP contribution is 2.30. The molecule has 0 aliphatic carbocycles. The molecule has 1 aromatic carbocycles. The van der Waals surface area contributed by atoms with Gasteiger partial charge in [0.25, 0.3) is 0 Å². The van der Waals surface area contributed by atoms with Crippen LogP contribution in [0.3, 0.4) is 0 Å². The van der Waals surface area contributed by atoms with Crippen molar-refractivity contribution in [1.29, 1.82) is 5.26 Å². The summed E-state index contributed by atoms with van der Waals surface area (Å²) in [4.78, 5) is 6.60. The number of pyridine rings is 1.